The summed E-state index contributed by atoms with van der Waals surface area (Å²) < 4.78 is 31.5. The van der Waals surface area contributed by atoms with Crippen LogP contribution in [0.5, 0.6) is 0 Å². The molecule has 0 aliphatic carbocycles. The number of methoxy groups -OCH3 is 1. The topological polar surface area (TPSA) is 58.2 Å². The van der Waals surface area contributed by atoms with Gasteiger partial charge in [0.1, 0.15) is 24.4 Å². The molecular weight excluding hydrogens is 434 g/mol. The zero-order valence-corrected chi connectivity index (χ0v) is 23.3. The van der Waals surface area contributed by atoms with Gasteiger partial charge in [0.15, 0.2) is 20.0 Å². The minimum atomic E-state index is -1.90. The van der Waals surface area contributed by atoms with Crippen LogP contribution in [0.2, 0.25) is 18.1 Å². The molecule has 0 bridgehead atoms. The van der Waals surface area contributed by atoms with E-state index in [1.165, 1.54) is 31.3 Å². The van der Waals surface area contributed by atoms with E-state index in [4.69, 9.17) is 23.4 Å². The van der Waals surface area contributed by atoms with Crippen molar-refractivity contribution >= 4 is 8.32 Å². The maximum atomic E-state index is 6.66. The van der Waals surface area contributed by atoms with Crippen LogP contribution in [0.1, 0.15) is 73.6 Å². The zero-order valence-electron chi connectivity index (χ0n) is 22.3. The Labute approximate surface area is 202 Å². The normalized spacial score (nSPS) is 31.6. The number of hydrogen-bond acceptors (Lipinski definition) is 6. The molecule has 1 N–H and O–H groups in total. The van der Waals surface area contributed by atoms with Gasteiger partial charge in [0.25, 0.3) is 0 Å². The van der Waals surface area contributed by atoms with Crippen molar-refractivity contribution in [3.8, 4) is 0 Å². The van der Waals surface area contributed by atoms with Crippen molar-refractivity contribution in [2.45, 2.75) is 128 Å². The highest BCUT2D eigenvalue weighted by atomic mass is 28.4. The van der Waals surface area contributed by atoms with E-state index < -0.39 is 14.1 Å². The molecule has 0 saturated carbocycles. The van der Waals surface area contributed by atoms with Crippen molar-refractivity contribution in [3.05, 3.63) is 23.6 Å². The van der Waals surface area contributed by atoms with E-state index in [0.717, 1.165) is 12.3 Å². The SMILES string of the molecule is CCCCCCC1NC(OC)=CC=C1[C@@H]1O[C@H](CO[Si](C)(C)C(C)(C)C)[C@@H]2OC(C)(C)O[C@@H]21. The Bertz CT molecular complexity index is 727. The van der Waals surface area contributed by atoms with E-state index >= 15 is 0 Å². The summed E-state index contributed by atoms with van der Waals surface area (Å²) in [7, 11) is -0.189. The molecule has 0 amide bonds. The van der Waals surface area contributed by atoms with Gasteiger partial charge in [-0.15, -0.1) is 0 Å². The molecule has 190 valence electrons. The summed E-state index contributed by atoms with van der Waals surface area (Å²) in [5, 5.41) is 3.72. The fraction of sp³-hybridized carbons (Fsp3) is 0.846. The third kappa shape index (κ3) is 6.23. The predicted molar refractivity (Wildman–Crippen MR) is 134 cm³/mol. The maximum absolute atomic E-state index is 6.66. The predicted octanol–water partition coefficient (Wildman–Crippen LogP) is 5.65. The standard InChI is InChI=1S/C26H47NO5Si/c1-10-11-12-13-14-19-18(15-16-21(27-19)28-7)22-24-23(31-26(5,6)32-24)20(30-22)17-29-33(8,9)25(2,3)4/h15-16,19-20,22-24,27H,10-14,17H2,1-9H3/t19?,20-,22+,23+,24-/m1/s1. The monoisotopic (exact) mass is 481 g/mol. The van der Waals surface area contributed by atoms with Crippen LogP contribution in [0, 0.1) is 0 Å². The summed E-state index contributed by atoms with van der Waals surface area (Å²) in [6.07, 6.45) is 9.51. The molecule has 2 fully saturated rings. The summed E-state index contributed by atoms with van der Waals surface area (Å²) in [4.78, 5) is 0. The first-order valence-electron chi connectivity index (χ1n) is 12.8. The molecule has 0 aromatic heterocycles. The quantitative estimate of drug-likeness (QED) is 0.321. The van der Waals surface area contributed by atoms with Gasteiger partial charge in [-0.3, -0.25) is 0 Å². The largest absolute Gasteiger partial charge is 0.483 e. The summed E-state index contributed by atoms with van der Waals surface area (Å²) in [6.45, 7) is 18.1. The first-order chi connectivity index (χ1) is 15.4. The van der Waals surface area contributed by atoms with Gasteiger partial charge in [0, 0.05) is 0 Å². The second kappa shape index (κ2) is 10.4. The van der Waals surface area contributed by atoms with Crippen molar-refractivity contribution in [3.63, 3.8) is 0 Å². The average Bonchev–Trinajstić information content (AvgIpc) is 3.21. The molecule has 1 unspecified atom stereocenters. The van der Waals surface area contributed by atoms with Crippen LogP contribution in [-0.2, 0) is 23.4 Å². The van der Waals surface area contributed by atoms with Crippen molar-refractivity contribution in [2.75, 3.05) is 13.7 Å². The summed E-state index contributed by atoms with van der Waals surface area (Å²) >= 11 is 0. The number of allylic oxidation sites excluding steroid dienone is 2. The van der Waals surface area contributed by atoms with Crippen molar-refractivity contribution in [2.24, 2.45) is 0 Å². The second-order valence-corrected chi connectivity index (χ2v) is 16.5. The van der Waals surface area contributed by atoms with Crippen LogP contribution in [0.4, 0.5) is 0 Å². The lowest BCUT2D eigenvalue weighted by molar-refractivity contribution is -0.186. The Kier molecular flexibility index (Phi) is 8.43. The van der Waals surface area contributed by atoms with Crippen LogP contribution in [0.15, 0.2) is 23.6 Å². The van der Waals surface area contributed by atoms with Crippen molar-refractivity contribution in [1.82, 2.24) is 5.32 Å². The number of rotatable bonds is 10. The fourth-order valence-corrected chi connectivity index (χ4v) is 5.63. The third-order valence-corrected chi connectivity index (χ3v) is 12.1. The number of hydrogen-bond donors (Lipinski definition) is 1. The minimum Gasteiger partial charge on any atom is -0.483 e. The highest BCUT2D eigenvalue weighted by Crippen LogP contribution is 2.44. The van der Waals surface area contributed by atoms with Crippen LogP contribution < -0.4 is 5.32 Å². The van der Waals surface area contributed by atoms with Crippen molar-refractivity contribution < 1.29 is 23.4 Å². The molecule has 33 heavy (non-hydrogen) atoms. The van der Waals surface area contributed by atoms with Gasteiger partial charge in [-0.05, 0) is 50.0 Å². The summed E-state index contributed by atoms with van der Waals surface area (Å²) in [5.41, 5.74) is 1.22. The lowest BCUT2D eigenvalue weighted by Crippen LogP contribution is -2.44. The zero-order chi connectivity index (χ0) is 24.4. The van der Waals surface area contributed by atoms with E-state index in [9.17, 15) is 0 Å². The van der Waals surface area contributed by atoms with E-state index in [1.54, 1.807) is 7.11 Å². The van der Waals surface area contributed by atoms with Crippen LogP contribution in [-0.4, -0.2) is 58.3 Å². The number of fused-ring (bicyclic) bond motifs is 1. The molecule has 2 saturated heterocycles. The van der Waals surface area contributed by atoms with Gasteiger partial charge in [0.05, 0.1) is 19.8 Å². The molecule has 0 radical (unpaired) electrons. The minimum absolute atomic E-state index is 0.135. The molecule has 3 rings (SSSR count). The Hall–Kier alpha value is -0.863. The molecule has 6 nitrogen and oxygen atoms in total. The number of nitrogens with one attached hydrogen (secondary N) is 1. The highest BCUT2D eigenvalue weighted by molar-refractivity contribution is 6.74. The van der Waals surface area contributed by atoms with Crippen LogP contribution in [0.25, 0.3) is 0 Å². The Balaban J connectivity index is 1.78. The molecule has 3 heterocycles. The van der Waals surface area contributed by atoms with Gasteiger partial charge in [-0.25, -0.2) is 0 Å². The van der Waals surface area contributed by atoms with E-state index in [2.05, 4.69) is 52.2 Å². The summed E-state index contributed by atoms with van der Waals surface area (Å²) in [5.74, 6) is 0.176. The van der Waals surface area contributed by atoms with E-state index in [-0.39, 0.29) is 35.5 Å². The molecule has 0 aromatic carbocycles. The lowest BCUT2D eigenvalue weighted by atomic mass is 9.90. The van der Waals surface area contributed by atoms with Crippen LogP contribution >= 0.6 is 0 Å². The Morgan fingerprint density at radius 1 is 1.06 bits per heavy atom. The highest BCUT2D eigenvalue weighted by Gasteiger charge is 2.57. The maximum Gasteiger partial charge on any atom is 0.192 e. The molecule has 0 aromatic rings. The van der Waals surface area contributed by atoms with E-state index in [0.29, 0.717) is 6.61 Å². The molecule has 0 spiro atoms. The lowest BCUT2D eigenvalue weighted by Gasteiger charge is -2.37. The number of dihydropyridines is 1. The molecule has 5 atom stereocenters. The first kappa shape index (κ1) is 26.7. The smallest absolute Gasteiger partial charge is 0.192 e. The second-order valence-electron chi connectivity index (χ2n) is 11.7. The van der Waals surface area contributed by atoms with Crippen molar-refractivity contribution in [1.29, 1.82) is 0 Å². The average molecular weight is 482 g/mol. The number of ether oxygens (including phenoxy) is 4. The third-order valence-electron chi connectivity index (χ3n) is 7.61. The Morgan fingerprint density at radius 3 is 2.39 bits per heavy atom. The molecule has 3 aliphatic heterocycles. The Morgan fingerprint density at radius 2 is 1.76 bits per heavy atom. The molecule has 3 aliphatic rings. The summed E-state index contributed by atoms with van der Waals surface area (Å²) in [6, 6.07) is 0.167. The van der Waals surface area contributed by atoms with Gasteiger partial charge < -0.3 is 28.7 Å². The molecular formula is C26H47NO5Si. The fourth-order valence-electron chi connectivity index (χ4n) is 4.62. The van der Waals surface area contributed by atoms with Gasteiger partial charge in [0.2, 0.25) is 0 Å². The number of unbranched alkanes of at least 4 members (excludes halogenated alkanes) is 3. The van der Waals surface area contributed by atoms with Crippen LogP contribution in [0.3, 0.4) is 0 Å². The molecule has 7 heteroatoms. The van der Waals surface area contributed by atoms with Gasteiger partial charge >= 0.3 is 0 Å². The van der Waals surface area contributed by atoms with E-state index in [1.807, 2.05) is 19.9 Å². The van der Waals surface area contributed by atoms with Gasteiger partial charge in [-0.2, -0.15) is 0 Å². The first-order valence-corrected chi connectivity index (χ1v) is 15.7. The van der Waals surface area contributed by atoms with Gasteiger partial charge in [-0.1, -0.05) is 59.5 Å².